The topological polar surface area (TPSA) is 142 Å². The molecule has 1 aliphatic heterocycles. The number of benzene rings is 1. The van der Waals surface area contributed by atoms with Crippen molar-refractivity contribution in [2.45, 2.75) is 76.5 Å². The molecule has 1 amide bonds. The zero-order valence-corrected chi connectivity index (χ0v) is 23.8. The lowest BCUT2D eigenvalue weighted by molar-refractivity contribution is -0.117. The van der Waals surface area contributed by atoms with Gasteiger partial charge in [-0.1, -0.05) is 32.6 Å². The van der Waals surface area contributed by atoms with Crippen LogP contribution < -0.4 is 16.4 Å². The fourth-order valence-corrected chi connectivity index (χ4v) is 5.54. The number of rotatable bonds is 14. The van der Waals surface area contributed by atoms with Crippen molar-refractivity contribution in [1.29, 1.82) is 0 Å². The van der Waals surface area contributed by atoms with Gasteiger partial charge in [-0.05, 0) is 76.6 Å². The molecule has 1 fully saturated rings. The number of amides is 1. The first-order valence-electron chi connectivity index (χ1n) is 13.8. The number of carbonyl (C=O) groups excluding carboxylic acids is 1. The first kappa shape index (κ1) is 31.6. The van der Waals surface area contributed by atoms with Gasteiger partial charge in [-0.2, -0.15) is 4.31 Å². The standard InChI is InChI=1S/C27H45N7O3S/c1-4-5-18-31-27(29-3)33-25(30-19-10-7-6-9-17-28)22(2)26(35)32-23-13-15-24(16-14-23)38(36,37)34-20-11-8-12-21-34/h13-16,22H,3-12,17-21,28H2,1-2H3,(H,32,35)(H,30,31,33). The van der Waals surface area contributed by atoms with E-state index in [9.17, 15) is 13.2 Å². The molecule has 11 heteroatoms. The van der Waals surface area contributed by atoms with Gasteiger partial charge in [-0.3, -0.25) is 14.8 Å². The highest BCUT2D eigenvalue weighted by molar-refractivity contribution is 7.89. The molecular formula is C27H45N7O3S. The molecule has 1 atom stereocenters. The molecule has 1 unspecified atom stereocenters. The van der Waals surface area contributed by atoms with Crippen LogP contribution in [0.25, 0.3) is 0 Å². The molecule has 38 heavy (non-hydrogen) atoms. The quantitative estimate of drug-likeness (QED) is 0.185. The number of guanidine groups is 1. The van der Waals surface area contributed by atoms with E-state index >= 15 is 0 Å². The minimum absolute atomic E-state index is 0.231. The second-order valence-electron chi connectivity index (χ2n) is 9.51. The van der Waals surface area contributed by atoms with Crippen LogP contribution in [0.1, 0.15) is 71.6 Å². The summed E-state index contributed by atoms with van der Waals surface area (Å²) >= 11 is 0. The molecule has 0 saturated carbocycles. The average molecular weight is 548 g/mol. The molecule has 4 N–H and O–H groups in total. The molecule has 1 heterocycles. The maximum Gasteiger partial charge on any atom is 0.243 e. The van der Waals surface area contributed by atoms with Gasteiger partial charge in [0.15, 0.2) is 0 Å². The van der Waals surface area contributed by atoms with Crippen LogP contribution in [0.5, 0.6) is 0 Å². The summed E-state index contributed by atoms with van der Waals surface area (Å²) in [6, 6.07) is 6.32. The van der Waals surface area contributed by atoms with Crippen molar-refractivity contribution < 1.29 is 13.2 Å². The highest BCUT2D eigenvalue weighted by Crippen LogP contribution is 2.22. The normalized spacial score (nSPS) is 16.2. The van der Waals surface area contributed by atoms with E-state index in [4.69, 9.17) is 5.73 Å². The Morgan fingerprint density at radius 1 is 1.03 bits per heavy atom. The van der Waals surface area contributed by atoms with Gasteiger partial charge in [0, 0.05) is 31.9 Å². The molecule has 1 aromatic carbocycles. The number of carbonyl (C=O) groups is 1. The predicted octanol–water partition coefficient (Wildman–Crippen LogP) is 3.80. The number of hydrogen-bond donors (Lipinski definition) is 3. The van der Waals surface area contributed by atoms with Crippen molar-refractivity contribution in [2.24, 2.45) is 26.6 Å². The molecule has 2 rings (SSSR count). The molecule has 1 saturated heterocycles. The lowest BCUT2D eigenvalue weighted by atomic mass is 10.1. The first-order valence-corrected chi connectivity index (χ1v) is 15.2. The minimum atomic E-state index is -3.53. The lowest BCUT2D eigenvalue weighted by Crippen LogP contribution is -2.39. The van der Waals surface area contributed by atoms with Crippen molar-refractivity contribution in [3.63, 3.8) is 0 Å². The number of nitrogens with one attached hydrogen (secondary N) is 2. The van der Waals surface area contributed by atoms with E-state index in [0.717, 1.165) is 57.8 Å². The van der Waals surface area contributed by atoms with Crippen LogP contribution in [0, 0.1) is 5.92 Å². The third kappa shape index (κ3) is 10.3. The number of nitrogens with zero attached hydrogens (tertiary/aromatic N) is 4. The minimum Gasteiger partial charge on any atom is -0.330 e. The summed E-state index contributed by atoms with van der Waals surface area (Å²) in [5.74, 6) is -0.0857. The number of sulfonamides is 1. The summed E-state index contributed by atoms with van der Waals surface area (Å²) in [5.41, 5.74) is 6.08. The van der Waals surface area contributed by atoms with Crippen LogP contribution in [0.2, 0.25) is 0 Å². The van der Waals surface area contributed by atoms with Crippen molar-refractivity contribution >= 4 is 40.1 Å². The molecule has 1 aromatic rings. The van der Waals surface area contributed by atoms with Gasteiger partial charge in [-0.15, -0.1) is 0 Å². The fourth-order valence-electron chi connectivity index (χ4n) is 4.02. The number of unbranched alkanes of at least 4 members (excludes halogenated alkanes) is 4. The largest absolute Gasteiger partial charge is 0.330 e. The fraction of sp³-hybridized carbons (Fsp3) is 0.630. The van der Waals surface area contributed by atoms with E-state index < -0.39 is 15.9 Å². The van der Waals surface area contributed by atoms with Crippen LogP contribution in [0.4, 0.5) is 5.69 Å². The Kier molecular flexibility index (Phi) is 14.2. The number of piperidine rings is 1. The van der Waals surface area contributed by atoms with Crippen LogP contribution in [0.3, 0.4) is 0 Å². The molecule has 0 aromatic heterocycles. The van der Waals surface area contributed by atoms with Crippen LogP contribution in [0.15, 0.2) is 44.1 Å². The lowest BCUT2D eigenvalue weighted by Gasteiger charge is -2.25. The molecule has 10 nitrogen and oxygen atoms in total. The summed E-state index contributed by atoms with van der Waals surface area (Å²) in [7, 11) is -3.53. The van der Waals surface area contributed by atoms with E-state index in [0.29, 0.717) is 50.2 Å². The van der Waals surface area contributed by atoms with Crippen LogP contribution in [-0.2, 0) is 14.8 Å². The molecular weight excluding hydrogens is 502 g/mol. The summed E-state index contributed by atoms with van der Waals surface area (Å²) in [6.45, 7) is 10.4. The highest BCUT2D eigenvalue weighted by atomic mass is 32.2. The SMILES string of the molecule is C=NC(=NCCCC)NC(=NCCCCCCN)C(C)C(=O)Nc1ccc(S(=O)(=O)N2CCCCC2)cc1. The number of anilines is 1. The van der Waals surface area contributed by atoms with E-state index in [1.54, 1.807) is 31.2 Å². The molecule has 0 aliphatic carbocycles. The van der Waals surface area contributed by atoms with E-state index in [-0.39, 0.29) is 10.8 Å². The Balaban J connectivity index is 2.09. The number of nitrogens with two attached hydrogens (primary N) is 1. The van der Waals surface area contributed by atoms with Gasteiger partial charge in [0.05, 0.1) is 10.8 Å². The van der Waals surface area contributed by atoms with Crippen molar-refractivity contribution in [2.75, 3.05) is 38.0 Å². The Morgan fingerprint density at radius 2 is 1.68 bits per heavy atom. The Bertz CT molecular complexity index is 1030. The summed E-state index contributed by atoms with van der Waals surface area (Å²) in [6.07, 6.45) is 8.68. The van der Waals surface area contributed by atoms with Crippen LogP contribution >= 0.6 is 0 Å². The Labute approximate surface area is 228 Å². The second kappa shape index (κ2) is 17.1. The molecule has 0 bridgehead atoms. The van der Waals surface area contributed by atoms with Gasteiger partial charge in [-0.25, -0.2) is 13.4 Å². The summed E-state index contributed by atoms with van der Waals surface area (Å²) in [4.78, 5) is 26.4. The van der Waals surface area contributed by atoms with Gasteiger partial charge < -0.3 is 16.4 Å². The van der Waals surface area contributed by atoms with Crippen molar-refractivity contribution in [3.8, 4) is 0 Å². The zero-order chi connectivity index (χ0) is 27.8. The molecule has 0 spiro atoms. The third-order valence-corrected chi connectivity index (χ3v) is 8.35. The predicted molar refractivity (Wildman–Crippen MR) is 157 cm³/mol. The molecule has 212 valence electrons. The van der Waals surface area contributed by atoms with Gasteiger partial charge >= 0.3 is 0 Å². The molecule has 1 aliphatic rings. The summed E-state index contributed by atoms with van der Waals surface area (Å²) < 4.78 is 27.4. The monoisotopic (exact) mass is 547 g/mol. The zero-order valence-electron chi connectivity index (χ0n) is 23.0. The number of hydrogen-bond acceptors (Lipinski definition) is 6. The highest BCUT2D eigenvalue weighted by Gasteiger charge is 2.26. The van der Waals surface area contributed by atoms with Crippen molar-refractivity contribution in [1.82, 2.24) is 9.62 Å². The third-order valence-electron chi connectivity index (χ3n) is 6.44. The number of amidine groups is 1. The molecule has 0 radical (unpaired) electrons. The maximum atomic E-state index is 13.1. The Hall–Kier alpha value is -2.63. The van der Waals surface area contributed by atoms with Crippen LogP contribution in [-0.4, -0.2) is 69.9 Å². The van der Waals surface area contributed by atoms with E-state index in [1.807, 2.05) is 0 Å². The van der Waals surface area contributed by atoms with Gasteiger partial charge in [0.25, 0.3) is 0 Å². The second-order valence-corrected chi connectivity index (χ2v) is 11.4. The average Bonchev–Trinajstić information content (AvgIpc) is 2.93. The maximum absolute atomic E-state index is 13.1. The van der Waals surface area contributed by atoms with Gasteiger partial charge in [0.1, 0.15) is 5.84 Å². The number of aliphatic imine (C=N–C) groups is 3. The van der Waals surface area contributed by atoms with Crippen molar-refractivity contribution in [3.05, 3.63) is 24.3 Å². The smallest absolute Gasteiger partial charge is 0.243 e. The van der Waals surface area contributed by atoms with E-state index in [2.05, 4.69) is 39.3 Å². The van der Waals surface area contributed by atoms with Gasteiger partial charge in [0.2, 0.25) is 21.9 Å². The Morgan fingerprint density at radius 3 is 2.32 bits per heavy atom. The van der Waals surface area contributed by atoms with E-state index in [1.165, 1.54) is 4.31 Å². The first-order chi connectivity index (χ1) is 18.3. The summed E-state index contributed by atoms with van der Waals surface area (Å²) in [5, 5.41) is 5.98.